The van der Waals surface area contributed by atoms with Gasteiger partial charge in [-0.25, -0.2) is 13.1 Å². The molecule has 0 bridgehead atoms. The number of sulfonamides is 1. The van der Waals surface area contributed by atoms with Crippen molar-refractivity contribution in [3.63, 3.8) is 0 Å². The fourth-order valence-electron chi connectivity index (χ4n) is 3.44. The number of ether oxygens (including phenoxy) is 1. The van der Waals surface area contributed by atoms with Crippen LogP contribution in [-0.4, -0.2) is 44.0 Å². The van der Waals surface area contributed by atoms with Crippen LogP contribution < -0.4 is 9.46 Å². The van der Waals surface area contributed by atoms with E-state index in [4.69, 9.17) is 4.74 Å². The van der Waals surface area contributed by atoms with Crippen molar-refractivity contribution in [2.75, 3.05) is 7.11 Å². The Labute approximate surface area is 166 Å². The van der Waals surface area contributed by atoms with Gasteiger partial charge in [0.1, 0.15) is 5.75 Å². The van der Waals surface area contributed by atoms with E-state index in [9.17, 15) is 31.8 Å². The number of rotatable bonds is 5. The van der Waals surface area contributed by atoms with Crippen LogP contribution in [0.2, 0.25) is 0 Å². The summed E-state index contributed by atoms with van der Waals surface area (Å²) in [5.41, 5.74) is -0.452. The van der Waals surface area contributed by atoms with E-state index in [1.165, 1.54) is 43.5 Å². The molecule has 158 valence electrons. The van der Waals surface area contributed by atoms with Gasteiger partial charge in [-0.1, -0.05) is 12.1 Å². The van der Waals surface area contributed by atoms with Gasteiger partial charge in [-0.2, -0.15) is 13.2 Å². The van der Waals surface area contributed by atoms with Crippen LogP contribution in [0.15, 0.2) is 53.4 Å². The van der Waals surface area contributed by atoms with E-state index in [1.54, 1.807) is 0 Å². The smallest absolute Gasteiger partial charge is 0.416 e. The Morgan fingerprint density at radius 2 is 1.62 bits per heavy atom. The molecule has 3 rings (SSSR count). The maximum atomic E-state index is 12.8. The first-order chi connectivity index (χ1) is 13.5. The number of methoxy groups -OCH3 is 1. The average molecular weight is 431 g/mol. The largest absolute Gasteiger partial charge is 0.497 e. The van der Waals surface area contributed by atoms with Crippen molar-refractivity contribution in [2.24, 2.45) is 0 Å². The Kier molecular flexibility index (Phi) is 5.91. The number of hydrogen-bond acceptors (Lipinski definition) is 5. The number of aliphatic hydroxyl groups excluding tert-OH is 2. The van der Waals surface area contributed by atoms with Crippen LogP contribution in [0.1, 0.15) is 23.5 Å². The maximum Gasteiger partial charge on any atom is 0.416 e. The Balaban J connectivity index is 1.87. The number of nitrogens with one attached hydrogen (secondary N) is 1. The summed E-state index contributed by atoms with van der Waals surface area (Å²) in [7, 11) is -2.62. The molecule has 1 aliphatic carbocycles. The molecule has 3 N–H and O–H groups in total. The predicted molar refractivity (Wildman–Crippen MR) is 97.9 cm³/mol. The fourth-order valence-corrected chi connectivity index (χ4v) is 4.73. The minimum atomic E-state index is -4.50. The molecule has 0 aromatic heterocycles. The zero-order chi connectivity index (χ0) is 21.4. The van der Waals surface area contributed by atoms with Crippen LogP contribution >= 0.6 is 0 Å². The third-order valence-corrected chi connectivity index (χ3v) is 6.49. The lowest BCUT2D eigenvalue weighted by molar-refractivity contribution is -0.137. The second kappa shape index (κ2) is 7.94. The van der Waals surface area contributed by atoms with E-state index in [0.29, 0.717) is 11.3 Å². The number of aliphatic hydroxyl groups is 2. The molecule has 2 aromatic carbocycles. The lowest BCUT2D eigenvalue weighted by atomic mass is 9.93. The highest BCUT2D eigenvalue weighted by atomic mass is 32.2. The summed E-state index contributed by atoms with van der Waals surface area (Å²) in [6.07, 6.45) is -7.12. The SMILES string of the molecule is COc1ccc(S(=O)(=O)N[C@H]2[C@H](O)[C@H](O)C[C@@H]2c2ccc(C(F)(F)F)cc2)cc1. The Morgan fingerprint density at radius 3 is 2.14 bits per heavy atom. The number of halogens is 3. The van der Waals surface area contributed by atoms with Crippen molar-refractivity contribution in [3.8, 4) is 5.75 Å². The fraction of sp³-hybridized carbons (Fsp3) is 0.368. The van der Waals surface area contributed by atoms with E-state index in [1.807, 2.05) is 0 Å². The summed E-state index contributed by atoms with van der Waals surface area (Å²) in [4.78, 5) is -0.0712. The second-order valence-corrected chi connectivity index (χ2v) is 8.56. The van der Waals surface area contributed by atoms with Crippen molar-refractivity contribution < 1.29 is 36.5 Å². The molecule has 1 fully saturated rings. The van der Waals surface area contributed by atoms with E-state index < -0.39 is 45.9 Å². The van der Waals surface area contributed by atoms with Gasteiger partial charge < -0.3 is 14.9 Å². The second-order valence-electron chi connectivity index (χ2n) is 6.84. The number of benzene rings is 2. The first kappa shape index (κ1) is 21.6. The van der Waals surface area contributed by atoms with E-state index in [2.05, 4.69) is 4.72 Å². The van der Waals surface area contributed by atoms with Crippen molar-refractivity contribution in [1.82, 2.24) is 4.72 Å². The Morgan fingerprint density at radius 1 is 1.03 bits per heavy atom. The Bertz CT molecular complexity index is 945. The van der Waals surface area contributed by atoms with E-state index in [-0.39, 0.29) is 11.3 Å². The van der Waals surface area contributed by atoms with Crippen molar-refractivity contribution in [2.45, 2.75) is 41.7 Å². The lowest BCUT2D eigenvalue weighted by Gasteiger charge is -2.24. The van der Waals surface area contributed by atoms with Crippen LogP contribution in [0.25, 0.3) is 0 Å². The summed E-state index contributed by atoms with van der Waals surface area (Å²) in [6.45, 7) is 0. The summed E-state index contributed by atoms with van der Waals surface area (Å²) < 4.78 is 71.1. The maximum absolute atomic E-state index is 12.8. The topological polar surface area (TPSA) is 95.9 Å². The van der Waals surface area contributed by atoms with Gasteiger partial charge in [0.25, 0.3) is 0 Å². The van der Waals surface area contributed by atoms with Gasteiger partial charge in [-0.05, 0) is 48.4 Å². The summed E-state index contributed by atoms with van der Waals surface area (Å²) in [6, 6.07) is 8.71. The van der Waals surface area contributed by atoms with Crippen LogP contribution in [0.5, 0.6) is 5.75 Å². The number of alkyl halides is 3. The molecular weight excluding hydrogens is 411 g/mol. The normalized spacial score (nSPS) is 25.2. The lowest BCUT2D eigenvalue weighted by Crippen LogP contribution is -2.45. The quantitative estimate of drug-likeness (QED) is 0.675. The molecule has 0 spiro atoms. The molecular formula is C19H20F3NO5S. The van der Waals surface area contributed by atoms with E-state index in [0.717, 1.165) is 12.1 Å². The molecule has 29 heavy (non-hydrogen) atoms. The molecule has 0 amide bonds. The molecule has 0 radical (unpaired) electrons. The standard InChI is InChI=1S/C19H20F3NO5S/c1-28-13-6-8-14(9-7-13)29(26,27)23-17-15(10-16(24)18(17)25)11-2-4-12(5-3-11)19(20,21)22/h2-9,15-18,23-25H,10H2,1H3/t15-,16-,17-,18-/m1/s1. The molecule has 0 unspecified atom stereocenters. The van der Waals surface area contributed by atoms with Crippen molar-refractivity contribution in [3.05, 3.63) is 59.7 Å². The van der Waals surface area contributed by atoms with E-state index >= 15 is 0 Å². The highest BCUT2D eigenvalue weighted by Crippen LogP contribution is 2.38. The minimum absolute atomic E-state index is 0.00231. The van der Waals surface area contributed by atoms with Gasteiger partial charge in [-0.15, -0.1) is 0 Å². The van der Waals surface area contributed by atoms with Gasteiger partial charge >= 0.3 is 6.18 Å². The van der Waals surface area contributed by atoms with Gasteiger partial charge in [0.15, 0.2) is 0 Å². The molecule has 0 heterocycles. The average Bonchev–Trinajstić information content (AvgIpc) is 2.95. The van der Waals surface area contributed by atoms with Crippen LogP contribution in [0.3, 0.4) is 0 Å². The van der Waals surface area contributed by atoms with Gasteiger partial charge in [-0.3, -0.25) is 0 Å². The van der Waals surface area contributed by atoms with Crippen LogP contribution in [0.4, 0.5) is 13.2 Å². The van der Waals surface area contributed by atoms with Crippen LogP contribution in [0, 0.1) is 0 Å². The summed E-state index contributed by atoms with van der Waals surface area (Å²) in [5, 5.41) is 20.3. The highest BCUT2D eigenvalue weighted by Gasteiger charge is 2.44. The first-order valence-electron chi connectivity index (χ1n) is 8.72. The first-order valence-corrected chi connectivity index (χ1v) is 10.2. The number of hydrogen-bond donors (Lipinski definition) is 3. The predicted octanol–water partition coefficient (Wildman–Crippen LogP) is 2.27. The summed E-state index contributed by atoms with van der Waals surface area (Å²) in [5.74, 6) is -0.238. The van der Waals surface area contributed by atoms with Crippen molar-refractivity contribution >= 4 is 10.0 Å². The molecule has 0 aliphatic heterocycles. The molecule has 6 nitrogen and oxygen atoms in total. The van der Waals surface area contributed by atoms with Crippen LogP contribution in [-0.2, 0) is 16.2 Å². The Hall–Kier alpha value is -2.14. The molecule has 2 aromatic rings. The molecule has 1 saturated carbocycles. The highest BCUT2D eigenvalue weighted by molar-refractivity contribution is 7.89. The third-order valence-electron chi connectivity index (χ3n) is 5.02. The molecule has 10 heteroatoms. The third kappa shape index (κ3) is 4.55. The molecule has 0 saturated heterocycles. The zero-order valence-electron chi connectivity index (χ0n) is 15.3. The van der Waals surface area contributed by atoms with Gasteiger partial charge in [0.05, 0.1) is 35.8 Å². The van der Waals surface area contributed by atoms with Crippen molar-refractivity contribution in [1.29, 1.82) is 0 Å². The van der Waals surface area contributed by atoms with Gasteiger partial charge in [0, 0.05) is 5.92 Å². The zero-order valence-corrected chi connectivity index (χ0v) is 16.1. The minimum Gasteiger partial charge on any atom is -0.497 e. The summed E-state index contributed by atoms with van der Waals surface area (Å²) >= 11 is 0. The van der Waals surface area contributed by atoms with Gasteiger partial charge in [0.2, 0.25) is 10.0 Å². The molecule has 1 aliphatic rings. The molecule has 4 atom stereocenters. The monoisotopic (exact) mass is 431 g/mol.